The first-order chi connectivity index (χ1) is 12.7. The van der Waals surface area contributed by atoms with Crippen LogP contribution in [0.15, 0.2) is 60.8 Å². The molecule has 1 aromatic heterocycles. The summed E-state index contributed by atoms with van der Waals surface area (Å²) in [5.41, 5.74) is 4.13. The van der Waals surface area contributed by atoms with Crippen molar-refractivity contribution in [1.29, 1.82) is 0 Å². The number of rotatable bonds is 7. The molecular weight excluding hydrogens is 326 g/mol. The molecule has 0 saturated carbocycles. The molecule has 0 saturated heterocycles. The van der Waals surface area contributed by atoms with Gasteiger partial charge in [-0.3, -0.25) is 0 Å². The fourth-order valence-corrected chi connectivity index (χ4v) is 2.96. The van der Waals surface area contributed by atoms with Gasteiger partial charge in [-0.1, -0.05) is 74.4 Å². The predicted molar refractivity (Wildman–Crippen MR) is 103 cm³/mol. The molecule has 0 fully saturated rings. The molecule has 26 heavy (non-hydrogen) atoms. The summed E-state index contributed by atoms with van der Waals surface area (Å²) in [5.74, 6) is 0.656. The zero-order valence-corrected chi connectivity index (χ0v) is 14.8. The Morgan fingerprint density at radius 3 is 2.38 bits per heavy atom. The van der Waals surface area contributed by atoms with Gasteiger partial charge in [0, 0.05) is 11.8 Å². The lowest BCUT2D eigenvalue weighted by Gasteiger charge is -2.13. The molecule has 3 N–H and O–H groups in total. The highest BCUT2D eigenvalue weighted by molar-refractivity contribution is 5.68. The molecule has 0 bridgehead atoms. The third-order valence-corrected chi connectivity index (χ3v) is 4.36. The largest absolute Gasteiger partial charge is 0.465 e. The number of hydrogen-bond donors (Lipinski definition) is 3. The Kier molecular flexibility index (Phi) is 5.69. The minimum Gasteiger partial charge on any atom is -0.465 e. The number of imidazole rings is 1. The van der Waals surface area contributed by atoms with Crippen LogP contribution in [-0.4, -0.2) is 21.2 Å². The van der Waals surface area contributed by atoms with E-state index in [-0.39, 0.29) is 6.04 Å². The summed E-state index contributed by atoms with van der Waals surface area (Å²) in [5, 5.41) is 11.6. The van der Waals surface area contributed by atoms with E-state index in [1.807, 2.05) is 36.5 Å². The predicted octanol–water partition coefficient (Wildman–Crippen LogP) is 5.24. The molecule has 1 unspecified atom stereocenters. The van der Waals surface area contributed by atoms with Crippen molar-refractivity contribution in [3.63, 3.8) is 0 Å². The summed E-state index contributed by atoms with van der Waals surface area (Å²) < 4.78 is 0. The number of amides is 1. The van der Waals surface area contributed by atoms with Gasteiger partial charge in [0.25, 0.3) is 0 Å². The van der Waals surface area contributed by atoms with E-state index in [4.69, 9.17) is 5.11 Å². The van der Waals surface area contributed by atoms with Crippen LogP contribution in [0.1, 0.15) is 38.1 Å². The Bertz CT molecular complexity index is 841. The third-order valence-electron chi connectivity index (χ3n) is 4.36. The van der Waals surface area contributed by atoms with Crippen LogP contribution in [0, 0.1) is 0 Å². The first-order valence-electron chi connectivity index (χ1n) is 8.88. The van der Waals surface area contributed by atoms with E-state index < -0.39 is 6.09 Å². The molecule has 5 heteroatoms. The van der Waals surface area contributed by atoms with E-state index in [2.05, 4.69) is 46.5 Å². The number of benzene rings is 2. The Balaban J connectivity index is 1.79. The Hall–Kier alpha value is -3.08. The molecule has 0 aliphatic carbocycles. The van der Waals surface area contributed by atoms with Crippen LogP contribution in [-0.2, 0) is 0 Å². The molecular formula is C21H23N3O2. The summed E-state index contributed by atoms with van der Waals surface area (Å²) in [6.45, 7) is 2.08. The van der Waals surface area contributed by atoms with E-state index in [9.17, 15) is 4.79 Å². The summed E-state index contributed by atoms with van der Waals surface area (Å²) in [4.78, 5) is 18.8. The van der Waals surface area contributed by atoms with E-state index >= 15 is 0 Å². The summed E-state index contributed by atoms with van der Waals surface area (Å²) >= 11 is 0. The smallest absolute Gasteiger partial charge is 0.405 e. The highest BCUT2D eigenvalue weighted by Crippen LogP contribution is 2.25. The molecule has 0 aliphatic heterocycles. The highest BCUT2D eigenvalue weighted by atomic mass is 16.4. The number of carbonyl (C=O) groups is 1. The van der Waals surface area contributed by atoms with Gasteiger partial charge in [0.2, 0.25) is 0 Å². The molecule has 0 spiro atoms. The fraction of sp³-hybridized carbons (Fsp3) is 0.238. The average molecular weight is 349 g/mol. The SMILES string of the molecule is CCCCC(NC(=O)O)c1nc(-c2ccc(-c3ccccc3)cc2)c[nH]1. The fourth-order valence-electron chi connectivity index (χ4n) is 2.96. The second-order valence-corrected chi connectivity index (χ2v) is 6.26. The van der Waals surface area contributed by atoms with Crippen molar-refractivity contribution in [3.8, 4) is 22.4 Å². The number of H-pyrrole nitrogens is 1. The van der Waals surface area contributed by atoms with Crippen LogP contribution in [0.5, 0.6) is 0 Å². The van der Waals surface area contributed by atoms with E-state index in [1.165, 1.54) is 5.56 Å². The maximum Gasteiger partial charge on any atom is 0.405 e. The lowest BCUT2D eigenvalue weighted by atomic mass is 10.0. The van der Waals surface area contributed by atoms with E-state index in [1.54, 1.807) is 0 Å². The van der Waals surface area contributed by atoms with Crippen molar-refractivity contribution in [2.24, 2.45) is 0 Å². The number of nitrogens with one attached hydrogen (secondary N) is 2. The molecule has 1 amide bonds. The second-order valence-electron chi connectivity index (χ2n) is 6.26. The summed E-state index contributed by atoms with van der Waals surface area (Å²) in [7, 11) is 0. The van der Waals surface area contributed by atoms with Crippen LogP contribution < -0.4 is 5.32 Å². The maximum absolute atomic E-state index is 11.0. The van der Waals surface area contributed by atoms with Crippen LogP contribution >= 0.6 is 0 Å². The van der Waals surface area contributed by atoms with Crippen molar-refractivity contribution >= 4 is 6.09 Å². The number of hydrogen-bond acceptors (Lipinski definition) is 2. The molecule has 3 rings (SSSR count). The Labute approximate surface area is 153 Å². The molecule has 134 valence electrons. The Morgan fingerprint density at radius 2 is 1.73 bits per heavy atom. The molecule has 5 nitrogen and oxygen atoms in total. The number of nitrogens with zero attached hydrogens (tertiary/aromatic N) is 1. The lowest BCUT2D eigenvalue weighted by molar-refractivity contribution is 0.188. The van der Waals surface area contributed by atoms with Gasteiger partial charge in [0.05, 0.1) is 11.7 Å². The normalized spacial score (nSPS) is 11.9. The zero-order chi connectivity index (χ0) is 18.4. The molecule has 0 radical (unpaired) electrons. The number of aromatic amines is 1. The van der Waals surface area contributed by atoms with Crippen LogP contribution in [0.25, 0.3) is 22.4 Å². The molecule has 0 aliphatic rings. The topological polar surface area (TPSA) is 78.0 Å². The van der Waals surface area contributed by atoms with Gasteiger partial charge in [-0.2, -0.15) is 0 Å². The van der Waals surface area contributed by atoms with Crippen LogP contribution in [0.4, 0.5) is 4.79 Å². The molecule has 2 aromatic carbocycles. The number of carboxylic acid groups (broad SMARTS) is 1. The quantitative estimate of drug-likeness (QED) is 0.545. The van der Waals surface area contributed by atoms with Crippen molar-refractivity contribution in [3.05, 3.63) is 66.6 Å². The van der Waals surface area contributed by atoms with E-state index in [0.29, 0.717) is 5.82 Å². The number of aromatic nitrogens is 2. The first kappa shape index (κ1) is 17.7. The van der Waals surface area contributed by atoms with Gasteiger partial charge in [0.15, 0.2) is 0 Å². The highest BCUT2D eigenvalue weighted by Gasteiger charge is 2.17. The summed E-state index contributed by atoms with van der Waals surface area (Å²) in [6, 6.07) is 18.1. The van der Waals surface area contributed by atoms with E-state index in [0.717, 1.165) is 36.1 Å². The average Bonchev–Trinajstić information content (AvgIpc) is 3.16. The van der Waals surface area contributed by atoms with Crippen molar-refractivity contribution in [2.75, 3.05) is 0 Å². The van der Waals surface area contributed by atoms with Crippen LogP contribution in [0.2, 0.25) is 0 Å². The van der Waals surface area contributed by atoms with Gasteiger partial charge >= 0.3 is 6.09 Å². The zero-order valence-electron chi connectivity index (χ0n) is 14.8. The molecule has 1 heterocycles. The Morgan fingerprint density at radius 1 is 1.08 bits per heavy atom. The van der Waals surface area contributed by atoms with Crippen molar-refractivity contribution in [1.82, 2.24) is 15.3 Å². The second kappa shape index (κ2) is 8.34. The van der Waals surface area contributed by atoms with Gasteiger partial charge < -0.3 is 15.4 Å². The van der Waals surface area contributed by atoms with Gasteiger partial charge in [0.1, 0.15) is 5.82 Å². The minimum absolute atomic E-state index is 0.315. The van der Waals surface area contributed by atoms with Gasteiger partial charge in [-0.05, 0) is 17.5 Å². The standard InChI is InChI=1S/C21H23N3O2/c1-2-3-9-18(24-21(25)26)20-22-14-19(23-20)17-12-10-16(11-13-17)15-7-5-4-6-8-15/h4-8,10-14,18,24H,2-3,9H2,1H3,(H,22,23)(H,25,26). The van der Waals surface area contributed by atoms with Gasteiger partial charge in [-0.15, -0.1) is 0 Å². The summed E-state index contributed by atoms with van der Waals surface area (Å²) in [6.07, 6.45) is 3.47. The minimum atomic E-state index is -1.03. The van der Waals surface area contributed by atoms with Crippen molar-refractivity contribution in [2.45, 2.75) is 32.2 Å². The first-order valence-corrected chi connectivity index (χ1v) is 8.88. The molecule has 1 atom stereocenters. The van der Waals surface area contributed by atoms with Crippen molar-refractivity contribution < 1.29 is 9.90 Å². The third kappa shape index (κ3) is 4.30. The van der Waals surface area contributed by atoms with Gasteiger partial charge in [-0.25, -0.2) is 9.78 Å². The molecule has 3 aromatic rings. The lowest BCUT2D eigenvalue weighted by Crippen LogP contribution is -2.27. The maximum atomic E-state index is 11.0. The van der Waals surface area contributed by atoms with Crippen LogP contribution in [0.3, 0.4) is 0 Å². The number of unbranched alkanes of at least 4 members (excludes halogenated alkanes) is 1. The monoisotopic (exact) mass is 349 g/mol.